The summed E-state index contributed by atoms with van der Waals surface area (Å²) in [6.45, 7) is 8.87. The second kappa shape index (κ2) is 29.1. The molecule has 0 spiro atoms. The highest BCUT2D eigenvalue weighted by Crippen LogP contribution is 2.34. The molecule has 0 fully saturated rings. The average Bonchev–Trinajstić information content (AvgIpc) is 2.94. The van der Waals surface area contributed by atoms with Crippen LogP contribution in [0, 0.1) is 0 Å². The van der Waals surface area contributed by atoms with Crippen LogP contribution in [-0.4, -0.2) is 70.2 Å². The fraction of sp³-hybridized carbons (Fsp3) is 1.00. The van der Waals surface area contributed by atoms with Crippen LogP contribution in [0.25, 0.3) is 0 Å². The number of unbranched alkanes of at least 4 members (excludes halogenated alkanes) is 8. The maximum absolute atomic E-state index is 10.4. The van der Waals surface area contributed by atoms with Gasteiger partial charge in [-0.15, -0.1) is 0 Å². The Morgan fingerprint density at radius 1 is 0.459 bits per heavy atom. The van der Waals surface area contributed by atoms with Crippen molar-refractivity contribution in [3.8, 4) is 0 Å². The van der Waals surface area contributed by atoms with Crippen molar-refractivity contribution in [2.45, 2.75) is 142 Å². The predicted molar refractivity (Wildman–Crippen MR) is 161 cm³/mol. The summed E-state index contributed by atoms with van der Waals surface area (Å²) in [6.07, 6.45) is 19.2. The van der Waals surface area contributed by atoms with Gasteiger partial charge in [-0.25, -0.2) is 0 Å². The van der Waals surface area contributed by atoms with E-state index in [-0.39, 0.29) is 5.54 Å². The van der Waals surface area contributed by atoms with Crippen LogP contribution in [0.3, 0.4) is 0 Å². The largest absolute Gasteiger partial charge is 0.503 e. The average molecular weight is 571 g/mol. The molecular formula is C28H66O7Si2. The highest BCUT2D eigenvalue weighted by atomic mass is 28.4. The summed E-state index contributed by atoms with van der Waals surface area (Å²) in [4.78, 5) is 10.4. The van der Waals surface area contributed by atoms with E-state index in [1.165, 1.54) is 77.0 Å². The number of aliphatic hydroxyl groups is 1. The Morgan fingerprint density at radius 3 is 0.946 bits per heavy atom. The molecule has 0 aromatic carbocycles. The third-order valence-corrected chi connectivity index (χ3v) is 13.1. The van der Waals surface area contributed by atoms with Crippen LogP contribution in [0.15, 0.2) is 0 Å². The van der Waals surface area contributed by atoms with E-state index >= 15 is 0 Å². The second-order valence-electron chi connectivity index (χ2n) is 9.63. The number of aliphatic hydroxyl groups excluding tert-OH is 1. The van der Waals surface area contributed by atoms with Gasteiger partial charge < -0.3 is 32.0 Å². The molecule has 0 aliphatic heterocycles. The van der Waals surface area contributed by atoms with Gasteiger partial charge in [-0.1, -0.05) is 105 Å². The summed E-state index contributed by atoms with van der Waals surface area (Å²) < 4.78 is 27.5. The lowest BCUT2D eigenvalue weighted by Gasteiger charge is -2.32. The molecule has 0 rings (SSSR count). The van der Waals surface area contributed by atoms with Gasteiger partial charge in [-0.3, -0.25) is 0 Å². The Balaban J connectivity index is -0.000000586. The highest BCUT2D eigenvalue weighted by molar-refractivity contribution is 6.62. The van der Waals surface area contributed by atoms with Gasteiger partial charge >= 0.3 is 17.6 Å². The monoisotopic (exact) mass is 570 g/mol. The van der Waals surface area contributed by atoms with Crippen molar-refractivity contribution in [1.82, 2.24) is 0 Å². The minimum absolute atomic E-state index is 0.218. The zero-order valence-corrected chi connectivity index (χ0v) is 28.4. The van der Waals surface area contributed by atoms with Gasteiger partial charge in [0.05, 0.1) is 0 Å². The molecule has 0 aliphatic carbocycles. The molecule has 0 saturated carbocycles. The molecule has 0 unspecified atom stereocenters. The van der Waals surface area contributed by atoms with Crippen molar-refractivity contribution >= 4 is 17.6 Å². The minimum Gasteiger partial charge on any atom is -0.400 e. The van der Waals surface area contributed by atoms with Crippen LogP contribution in [0.4, 0.5) is 0 Å². The van der Waals surface area contributed by atoms with Crippen molar-refractivity contribution in [3.63, 3.8) is 0 Å². The van der Waals surface area contributed by atoms with Crippen molar-refractivity contribution in [1.29, 1.82) is 0 Å². The zero-order chi connectivity index (χ0) is 29.0. The van der Waals surface area contributed by atoms with Gasteiger partial charge in [0.1, 0.15) is 0 Å². The topological polar surface area (TPSA) is 86.6 Å². The van der Waals surface area contributed by atoms with Crippen LogP contribution in [0.5, 0.6) is 0 Å². The van der Waals surface area contributed by atoms with E-state index in [1.54, 1.807) is 35.5 Å². The van der Waals surface area contributed by atoms with Gasteiger partial charge in [0.15, 0.2) is 0 Å². The number of rotatable bonds is 23. The minimum atomic E-state index is -2.93. The summed E-state index contributed by atoms with van der Waals surface area (Å²) in [5, 5.41) is 7.00. The first-order valence-electron chi connectivity index (χ1n) is 14.8. The van der Waals surface area contributed by atoms with Gasteiger partial charge in [0.2, 0.25) is 0 Å². The van der Waals surface area contributed by atoms with Gasteiger partial charge in [0, 0.05) is 53.7 Å². The van der Waals surface area contributed by atoms with Crippen molar-refractivity contribution in [3.05, 3.63) is 0 Å². The Bertz CT molecular complexity index is 408. The molecule has 0 heterocycles. The van der Waals surface area contributed by atoms with Gasteiger partial charge in [-0.2, -0.15) is 0 Å². The SMILES string of the molecule is CCCCCC(CCCCC)[Si](O)(OC)OC.CCCCCC(CCCCC)[Si](OC)(OC)OC.CO. The van der Waals surface area contributed by atoms with Crippen LogP contribution in [0.2, 0.25) is 11.1 Å². The summed E-state index contributed by atoms with van der Waals surface area (Å²) in [6, 6.07) is 0. The smallest absolute Gasteiger partial charge is 0.400 e. The maximum Gasteiger partial charge on any atom is 0.503 e. The summed E-state index contributed by atoms with van der Waals surface area (Å²) in [5.41, 5.74) is 0.672. The van der Waals surface area contributed by atoms with E-state index in [0.29, 0.717) is 5.54 Å². The molecule has 7 nitrogen and oxygen atoms in total. The molecule has 0 bridgehead atoms. The van der Waals surface area contributed by atoms with E-state index in [2.05, 4.69) is 27.7 Å². The second-order valence-corrected chi connectivity index (χ2v) is 15.8. The van der Waals surface area contributed by atoms with E-state index in [1.807, 2.05) is 0 Å². The first-order chi connectivity index (χ1) is 17.8. The maximum atomic E-state index is 10.4. The van der Waals surface area contributed by atoms with Gasteiger partial charge in [0.25, 0.3) is 0 Å². The first kappa shape index (κ1) is 41.6. The van der Waals surface area contributed by atoms with Crippen molar-refractivity contribution in [2.24, 2.45) is 0 Å². The fourth-order valence-corrected chi connectivity index (χ4v) is 9.32. The van der Waals surface area contributed by atoms with Crippen LogP contribution >= 0.6 is 0 Å². The Labute approximate surface area is 233 Å². The summed E-state index contributed by atoms with van der Waals surface area (Å²) in [7, 11) is 3.95. The molecule has 0 aliphatic rings. The molecule has 0 aromatic heterocycles. The van der Waals surface area contributed by atoms with Crippen LogP contribution < -0.4 is 0 Å². The lowest BCUT2D eigenvalue weighted by atomic mass is 10.1. The molecule has 2 N–H and O–H groups in total. The standard InChI is InChI=1S/C14H32O3Si.C13H30O3Si.CH4O/c1-6-8-10-12-14(13-11-9-7-2)18(15-3,16-4)17-5;1-5-7-9-11-13(12-10-8-6-2)17(14,15-3)16-4;1-2/h14H,6-13H2,1-5H3;13-14H,5-12H2,1-4H3;2H,1H3. The Hall–Kier alpha value is 0.154. The molecule has 0 amide bonds. The van der Waals surface area contributed by atoms with Crippen molar-refractivity contribution < 1.29 is 32.0 Å². The highest BCUT2D eigenvalue weighted by Gasteiger charge is 2.46. The van der Waals surface area contributed by atoms with E-state index in [9.17, 15) is 4.80 Å². The van der Waals surface area contributed by atoms with E-state index in [0.717, 1.165) is 32.8 Å². The molecule has 37 heavy (non-hydrogen) atoms. The fourth-order valence-electron chi connectivity index (χ4n) is 4.74. The summed E-state index contributed by atoms with van der Waals surface area (Å²) in [5.74, 6) is 0. The van der Waals surface area contributed by atoms with Crippen LogP contribution in [-0.2, 0) is 22.1 Å². The third-order valence-electron chi connectivity index (χ3n) is 7.08. The quantitative estimate of drug-likeness (QED) is 0.0959. The zero-order valence-electron chi connectivity index (χ0n) is 26.4. The molecule has 228 valence electrons. The molecule has 0 atom stereocenters. The van der Waals surface area contributed by atoms with Crippen molar-refractivity contribution in [2.75, 3.05) is 42.7 Å². The van der Waals surface area contributed by atoms with E-state index in [4.69, 9.17) is 27.2 Å². The Morgan fingerprint density at radius 2 is 0.730 bits per heavy atom. The lowest BCUT2D eigenvalue weighted by molar-refractivity contribution is 0.107. The lowest BCUT2D eigenvalue weighted by Crippen LogP contribution is -2.47. The normalized spacial score (nSPS) is 11.8. The van der Waals surface area contributed by atoms with E-state index < -0.39 is 17.6 Å². The third kappa shape index (κ3) is 19.0. The number of hydrogen-bond donors (Lipinski definition) is 2. The first-order valence-corrected chi connectivity index (χ1v) is 18.4. The number of hydrogen-bond acceptors (Lipinski definition) is 7. The molecular weight excluding hydrogens is 504 g/mol. The summed E-state index contributed by atoms with van der Waals surface area (Å²) >= 11 is 0. The molecule has 0 saturated heterocycles. The molecule has 9 heteroatoms. The van der Waals surface area contributed by atoms with Crippen LogP contribution in [0.1, 0.15) is 130 Å². The molecule has 0 aromatic rings. The Kier molecular flexibility index (Phi) is 32.8. The molecule has 0 radical (unpaired) electrons. The van der Waals surface area contributed by atoms with Gasteiger partial charge in [-0.05, 0) is 25.7 Å². The predicted octanol–water partition coefficient (Wildman–Crippen LogP) is 7.75.